The van der Waals surface area contributed by atoms with E-state index < -0.39 is 5.97 Å². The summed E-state index contributed by atoms with van der Waals surface area (Å²) in [5.41, 5.74) is 7.81. The fraction of sp³-hybridized carbons (Fsp3) is 0.429. The van der Waals surface area contributed by atoms with Crippen LogP contribution in [0.2, 0.25) is 0 Å². The molecule has 0 aliphatic heterocycles. The zero-order chi connectivity index (χ0) is 10.3. The van der Waals surface area contributed by atoms with E-state index in [1.807, 2.05) is 0 Å². The Morgan fingerprint density at radius 3 is 2.77 bits per heavy atom. The normalized spacial score (nSPS) is 10.5. The van der Waals surface area contributed by atoms with Gasteiger partial charge in [-0.3, -0.25) is 0 Å². The number of rotatable bonds is 3. The standard InChI is InChI=1S/C7H8N4O2/c1-3-13-7(12)6(4-8)5(2)10-11-9/h3H2,1-2H3/b6-5+. The van der Waals surface area contributed by atoms with Crippen LogP contribution >= 0.6 is 0 Å². The van der Waals surface area contributed by atoms with Gasteiger partial charge in [-0.1, -0.05) is 5.11 Å². The number of hydrogen-bond donors (Lipinski definition) is 0. The molecule has 0 radical (unpaired) electrons. The number of ether oxygens (including phenoxy) is 1. The van der Waals surface area contributed by atoms with Gasteiger partial charge in [-0.05, 0) is 19.4 Å². The van der Waals surface area contributed by atoms with E-state index in [1.165, 1.54) is 6.92 Å². The van der Waals surface area contributed by atoms with Crippen molar-refractivity contribution < 1.29 is 9.53 Å². The number of azide groups is 1. The third kappa shape index (κ3) is 3.27. The molecular weight excluding hydrogens is 172 g/mol. The summed E-state index contributed by atoms with van der Waals surface area (Å²) in [5, 5.41) is 11.7. The molecule has 68 valence electrons. The van der Waals surface area contributed by atoms with Crippen LogP contribution in [0, 0.1) is 11.3 Å². The Labute approximate surface area is 75.0 Å². The lowest BCUT2D eigenvalue weighted by atomic mass is 10.2. The van der Waals surface area contributed by atoms with Crippen LogP contribution in [0.3, 0.4) is 0 Å². The Kier molecular flexibility index (Phi) is 4.77. The molecule has 0 bridgehead atoms. The van der Waals surface area contributed by atoms with Gasteiger partial charge in [0.15, 0.2) is 0 Å². The van der Waals surface area contributed by atoms with Crippen molar-refractivity contribution in [2.24, 2.45) is 5.11 Å². The minimum absolute atomic E-state index is 0.0171. The van der Waals surface area contributed by atoms with Crippen molar-refractivity contribution in [3.63, 3.8) is 0 Å². The first kappa shape index (κ1) is 11.0. The molecule has 0 heterocycles. The lowest BCUT2D eigenvalue weighted by molar-refractivity contribution is -0.138. The van der Waals surface area contributed by atoms with Crippen LogP contribution in [0.5, 0.6) is 0 Å². The van der Waals surface area contributed by atoms with Crippen LogP contribution in [0.15, 0.2) is 16.4 Å². The summed E-state index contributed by atoms with van der Waals surface area (Å²) in [6.07, 6.45) is 0. The maximum Gasteiger partial charge on any atom is 0.349 e. The van der Waals surface area contributed by atoms with Crippen molar-refractivity contribution in [1.29, 1.82) is 5.26 Å². The molecule has 0 N–H and O–H groups in total. The average molecular weight is 180 g/mol. The largest absolute Gasteiger partial charge is 0.462 e. The SMILES string of the molecule is CCOC(=O)/C(C#N)=C(\C)N=[N+]=[N-]. The van der Waals surface area contributed by atoms with Gasteiger partial charge >= 0.3 is 5.97 Å². The molecule has 0 saturated heterocycles. The topological polar surface area (TPSA) is 98.9 Å². The number of esters is 1. The first-order chi connectivity index (χ1) is 6.17. The molecule has 0 atom stereocenters. The third-order valence-electron chi connectivity index (χ3n) is 1.15. The smallest absolute Gasteiger partial charge is 0.349 e. The van der Waals surface area contributed by atoms with E-state index in [-0.39, 0.29) is 17.9 Å². The quantitative estimate of drug-likeness (QED) is 0.165. The van der Waals surface area contributed by atoms with Gasteiger partial charge in [-0.15, -0.1) is 0 Å². The number of carbonyl (C=O) groups excluding carboxylic acids is 1. The molecule has 0 aromatic rings. The van der Waals surface area contributed by atoms with Crippen molar-refractivity contribution in [1.82, 2.24) is 0 Å². The molecule has 0 aliphatic rings. The molecule has 6 heteroatoms. The molecule has 6 nitrogen and oxygen atoms in total. The first-order valence-electron chi connectivity index (χ1n) is 3.50. The zero-order valence-electron chi connectivity index (χ0n) is 7.31. The van der Waals surface area contributed by atoms with E-state index in [9.17, 15) is 4.79 Å². The Bertz CT molecular complexity index is 320. The number of allylic oxidation sites excluding steroid dienone is 1. The first-order valence-corrected chi connectivity index (χ1v) is 3.50. The molecule has 0 aliphatic carbocycles. The maximum atomic E-state index is 11.0. The molecule has 13 heavy (non-hydrogen) atoms. The zero-order valence-corrected chi connectivity index (χ0v) is 7.31. The maximum absolute atomic E-state index is 11.0. The Balaban J connectivity index is 4.90. The van der Waals surface area contributed by atoms with E-state index in [2.05, 4.69) is 14.8 Å². The van der Waals surface area contributed by atoms with E-state index >= 15 is 0 Å². The van der Waals surface area contributed by atoms with E-state index in [0.717, 1.165) is 0 Å². The number of carbonyl (C=O) groups is 1. The Hall–Kier alpha value is -1.99. The van der Waals surface area contributed by atoms with E-state index in [4.69, 9.17) is 10.8 Å². The second-order valence-corrected chi connectivity index (χ2v) is 1.98. The van der Waals surface area contributed by atoms with Gasteiger partial charge in [-0.25, -0.2) is 4.79 Å². The second kappa shape index (κ2) is 5.63. The Morgan fingerprint density at radius 2 is 2.38 bits per heavy atom. The fourth-order valence-electron chi connectivity index (χ4n) is 0.595. The van der Waals surface area contributed by atoms with Gasteiger partial charge in [0.2, 0.25) is 0 Å². The van der Waals surface area contributed by atoms with Gasteiger partial charge in [-0.2, -0.15) is 5.26 Å². The van der Waals surface area contributed by atoms with Crippen molar-refractivity contribution in [3.05, 3.63) is 21.7 Å². The van der Waals surface area contributed by atoms with Crippen molar-refractivity contribution >= 4 is 5.97 Å². The second-order valence-electron chi connectivity index (χ2n) is 1.98. The predicted octanol–water partition coefficient (Wildman–Crippen LogP) is 1.66. The molecule has 0 spiro atoms. The molecular formula is C7H8N4O2. The van der Waals surface area contributed by atoms with Crippen molar-refractivity contribution in [3.8, 4) is 6.07 Å². The molecule has 0 unspecified atom stereocenters. The van der Waals surface area contributed by atoms with Crippen molar-refractivity contribution in [2.45, 2.75) is 13.8 Å². The minimum Gasteiger partial charge on any atom is -0.462 e. The lowest BCUT2D eigenvalue weighted by Gasteiger charge is -1.99. The number of nitriles is 1. The Morgan fingerprint density at radius 1 is 1.77 bits per heavy atom. The van der Waals surface area contributed by atoms with Crippen LogP contribution < -0.4 is 0 Å². The van der Waals surface area contributed by atoms with Gasteiger partial charge in [0.1, 0.15) is 11.6 Å². The molecule has 0 aromatic heterocycles. The molecule has 0 fully saturated rings. The van der Waals surface area contributed by atoms with Crippen molar-refractivity contribution in [2.75, 3.05) is 6.61 Å². The molecule has 0 rings (SSSR count). The van der Waals surface area contributed by atoms with E-state index in [1.54, 1.807) is 13.0 Å². The van der Waals surface area contributed by atoms with Crippen LogP contribution in [-0.4, -0.2) is 12.6 Å². The summed E-state index contributed by atoms with van der Waals surface area (Å²) in [7, 11) is 0. The van der Waals surface area contributed by atoms with Crippen LogP contribution in [0.4, 0.5) is 0 Å². The summed E-state index contributed by atoms with van der Waals surface area (Å²) >= 11 is 0. The molecule has 0 amide bonds. The van der Waals surface area contributed by atoms with Gasteiger partial charge in [0, 0.05) is 10.6 Å². The van der Waals surface area contributed by atoms with Crippen LogP contribution in [0.25, 0.3) is 10.4 Å². The van der Waals surface area contributed by atoms with Crippen LogP contribution in [-0.2, 0) is 9.53 Å². The lowest BCUT2D eigenvalue weighted by Crippen LogP contribution is -2.07. The summed E-state index contributed by atoms with van der Waals surface area (Å²) in [6.45, 7) is 3.17. The molecule has 0 aromatic carbocycles. The third-order valence-corrected chi connectivity index (χ3v) is 1.15. The average Bonchev–Trinajstić information content (AvgIpc) is 2.06. The summed E-state index contributed by atoms with van der Waals surface area (Å²) in [5.74, 6) is -0.769. The predicted molar refractivity (Wildman–Crippen MR) is 44.1 cm³/mol. The van der Waals surface area contributed by atoms with Gasteiger partial charge < -0.3 is 4.74 Å². The summed E-state index contributed by atoms with van der Waals surface area (Å²) in [6, 6.07) is 1.61. The molecule has 0 saturated carbocycles. The highest BCUT2D eigenvalue weighted by Gasteiger charge is 2.12. The summed E-state index contributed by atoms with van der Waals surface area (Å²) < 4.78 is 4.56. The number of hydrogen-bond acceptors (Lipinski definition) is 4. The summed E-state index contributed by atoms with van der Waals surface area (Å²) in [4.78, 5) is 13.5. The highest BCUT2D eigenvalue weighted by molar-refractivity contribution is 5.93. The van der Waals surface area contributed by atoms with Gasteiger partial charge in [0.05, 0.1) is 6.61 Å². The number of nitrogens with zero attached hydrogens (tertiary/aromatic N) is 4. The highest BCUT2D eigenvalue weighted by atomic mass is 16.5. The minimum atomic E-state index is -0.769. The highest BCUT2D eigenvalue weighted by Crippen LogP contribution is 2.06. The monoisotopic (exact) mass is 180 g/mol. The van der Waals surface area contributed by atoms with Crippen LogP contribution in [0.1, 0.15) is 13.8 Å². The van der Waals surface area contributed by atoms with E-state index in [0.29, 0.717) is 0 Å². The van der Waals surface area contributed by atoms with Gasteiger partial charge in [0.25, 0.3) is 0 Å². The fourth-order valence-corrected chi connectivity index (χ4v) is 0.595.